The lowest BCUT2D eigenvalue weighted by atomic mass is 10.1. The summed E-state index contributed by atoms with van der Waals surface area (Å²) in [5.74, 6) is 0. The minimum Gasteiger partial charge on any atom is -0.396 e. The Bertz CT molecular complexity index is 553. The molecule has 1 aromatic carbocycles. The zero-order chi connectivity index (χ0) is 14.5. The molecule has 0 amide bonds. The van der Waals surface area contributed by atoms with Gasteiger partial charge in [-0.2, -0.15) is 5.10 Å². The van der Waals surface area contributed by atoms with E-state index >= 15 is 0 Å². The second-order valence-corrected chi connectivity index (χ2v) is 5.64. The molecule has 0 spiro atoms. The summed E-state index contributed by atoms with van der Waals surface area (Å²) in [7, 11) is 0. The van der Waals surface area contributed by atoms with Crippen LogP contribution in [0.4, 0.5) is 0 Å². The van der Waals surface area contributed by atoms with Gasteiger partial charge in [-0.1, -0.05) is 24.3 Å². The van der Waals surface area contributed by atoms with Crippen molar-refractivity contribution in [1.29, 1.82) is 0 Å². The Hall–Kier alpha value is -1.65. The summed E-state index contributed by atoms with van der Waals surface area (Å²) in [4.78, 5) is 2.50. The fraction of sp³-hybridized carbons (Fsp3) is 0.471. The van der Waals surface area contributed by atoms with Crippen LogP contribution in [0, 0.1) is 0 Å². The van der Waals surface area contributed by atoms with Crippen molar-refractivity contribution in [2.75, 3.05) is 19.7 Å². The van der Waals surface area contributed by atoms with Crippen LogP contribution in [0.3, 0.4) is 0 Å². The van der Waals surface area contributed by atoms with E-state index in [9.17, 15) is 0 Å². The largest absolute Gasteiger partial charge is 0.396 e. The molecule has 1 aromatic heterocycles. The Labute approximate surface area is 126 Å². The average Bonchev–Trinajstić information content (AvgIpc) is 3.17. The number of fused-ring (bicyclic) bond motifs is 1. The molecule has 1 heterocycles. The van der Waals surface area contributed by atoms with Crippen molar-refractivity contribution in [3.8, 4) is 0 Å². The predicted molar refractivity (Wildman–Crippen MR) is 83.0 cm³/mol. The number of aliphatic hydroxyl groups excluding tert-OH is 1. The predicted octanol–water partition coefficient (Wildman–Crippen LogP) is 2.25. The molecule has 0 saturated carbocycles. The fourth-order valence-corrected chi connectivity index (χ4v) is 3.27. The van der Waals surface area contributed by atoms with Crippen molar-refractivity contribution in [3.05, 3.63) is 53.9 Å². The van der Waals surface area contributed by atoms with Gasteiger partial charge in [-0.25, -0.2) is 0 Å². The van der Waals surface area contributed by atoms with E-state index in [0.717, 1.165) is 32.5 Å². The van der Waals surface area contributed by atoms with Gasteiger partial charge in [0.2, 0.25) is 0 Å². The minimum atomic E-state index is 0.257. The van der Waals surface area contributed by atoms with Crippen LogP contribution in [-0.4, -0.2) is 39.5 Å². The lowest BCUT2D eigenvalue weighted by Crippen LogP contribution is -2.32. The van der Waals surface area contributed by atoms with Gasteiger partial charge in [-0.3, -0.25) is 9.58 Å². The van der Waals surface area contributed by atoms with Crippen LogP contribution in [0.15, 0.2) is 42.7 Å². The average molecular weight is 285 g/mol. The molecular formula is C17H23N3O. The van der Waals surface area contributed by atoms with Crippen LogP contribution in [0.5, 0.6) is 0 Å². The standard InChI is InChI=1S/C17H23N3O/c21-14-4-10-19(12-13-20-11-3-9-18-20)17-8-7-15-5-1-2-6-16(15)17/h1-3,5-6,9,11,17,21H,4,7-8,10,12-14H2/t17-/m0/s1. The highest BCUT2D eigenvalue weighted by molar-refractivity contribution is 5.34. The van der Waals surface area contributed by atoms with Crippen molar-refractivity contribution >= 4 is 0 Å². The molecule has 4 nitrogen and oxygen atoms in total. The molecule has 1 aliphatic carbocycles. The fourth-order valence-electron chi connectivity index (χ4n) is 3.27. The van der Waals surface area contributed by atoms with Gasteiger partial charge in [0, 0.05) is 38.1 Å². The SMILES string of the molecule is OCCCN(CCn1cccn1)[C@H]1CCc2ccccc21. The van der Waals surface area contributed by atoms with Gasteiger partial charge in [0.25, 0.3) is 0 Å². The number of hydrogen-bond acceptors (Lipinski definition) is 3. The van der Waals surface area contributed by atoms with Gasteiger partial charge in [-0.05, 0) is 36.5 Å². The molecular weight excluding hydrogens is 262 g/mol. The zero-order valence-electron chi connectivity index (χ0n) is 12.4. The number of nitrogens with zero attached hydrogens (tertiary/aromatic N) is 3. The van der Waals surface area contributed by atoms with Crippen LogP contribution in [-0.2, 0) is 13.0 Å². The van der Waals surface area contributed by atoms with Crippen molar-refractivity contribution in [3.63, 3.8) is 0 Å². The maximum atomic E-state index is 9.16. The normalized spacial score (nSPS) is 17.3. The third-order valence-corrected chi connectivity index (χ3v) is 4.32. The molecule has 0 fully saturated rings. The molecule has 0 saturated heterocycles. The van der Waals surface area contributed by atoms with E-state index in [1.165, 1.54) is 17.5 Å². The topological polar surface area (TPSA) is 41.3 Å². The van der Waals surface area contributed by atoms with Gasteiger partial charge in [0.15, 0.2) is 0 Å². The molecule has 2 aromatic rings. The van der Waals surface area contributed by atoms with Gasteiger partial charge in [0.05, 0.1) is 6.54 Å². The molecule has 3 rings (SSSR count). The Morgan fingerprint density at radius 1 is 1.24 bits per heavy atom. The second-order valence-electron chi connectivity index (χ2n) is 5.64. The first-order chi connectivity index (χ1) is 10.4. The third kappa shape index (κ3) is 3.34. The van der Waals surface area contributed by atoms with Crippen molar-refractivity contribution in [2.24, 2.45) is 0 Å². The van der Waals surface area contributed by atoms with E-state index in [2.05, 4.69) is 34.3 Å². The molecule has 1 atom stereocenters. The van der Waals surface area contributed by atoms with Crippen LogP contribution in [0.25, 0.3) is 0 Å². The highest BCUT2D eigenvalue weighted by Gasteiger charge is 2.27. The van der Waals surface area contributed by atoms with E-state index in [0.29, 0.717) is 6.04 Å². The van der Waals surface area contributed by atoms with Gasteiger partial charge >= 0.3 is 0 Å². The molecule has 4 heteroatoms. The summed E-state index contributed by atoms with van der Waals surface area (Å²) in [5.41, 5.74) is 2.95. The van der Waals surface area contributed by atoms with Gasteiger partial charge < -0.3 is 5.11 Å². The quantitative estimate of drug-likeness (QED) is 0.848. The number of aromatic nitrogens is 2. The van der Waals surface area contributed by atoms with Gasteiger partial charge in [0.1, 0.15) is 0 Å². The first kappa shape index (κ1) is 14.3. The van der Waals surface area contributed by atoms with Crippen molar-refractivity contribution in [2.45, 2.75) is 31.8 Å². The van der Waals surface area contributed by atoms with Crippen LogP contribution in [0.1, 0.15) is 30.0 Å². The number of aryl methyl sites for hydroxylation is 1. The summed E-state index contributed by atoms with van der Waals surface area (Å²) < 4.78 is 1.98. The smallest absolute Gasteiger partial charge is 0.0536 e. The molecule has 21 heavy (non-hydrogen) atoms. The first-order valence-electron chi connectivity index (χ1n) is 7.78. The molecule has 0 unspecified atom stereocenters. The Morgan fingerprint density at radius 3 is 2.95 bits per heavy atom. The zero-order valence-corrected chi connectivity index (χ0v) is 12.4. The molecule has 1 N–H and O–H groups in total. The van der Waals surface area contributed by atoms with E-state index < -0.39 is 0 Å². The summed E-state index contributed by atoms with van der Waals surface area (Å²) in [6.45, 7) is 3.07. The number of hydrogen-bond donors (Lipinski definition) is 1. The maximum absolute atomic E-state index is 9.16. The second kappa shape index (κ2) is 6.87. The lowest BCUT2D eigenvalue weighted by molar-refractivity contribution is 0.166. The maximum Gasteiger partial charge on any atom is 0.0536 e. The van der Waals surface area contributed by atoms with Crippen molar-refractivity contribution < 1.29 is 5.11 Å². The van der Waals surface area contributed by atoms with Crippen LogP contribution >= 0.6 is 0 Å². The highest BCUT2D eigenvalue weighted by atomic mass is 16.3. The summed E-state index contributed by atoms with van der Waals surface area (Å²) >= 11 is 0. The third-order valence-electron chi connectivity index (χ3n) is 4.32. The summed E-state index contributed by atoms with van der Waals surface area (Å²) in [6.07, 6.45) is 7.01. The number of rotatable bonds is 7. The van der Waals surface area contributed by atoms with Crippen LogP contribution in [0.2, 0.25) is 0 Å². The Morgan fingerprint density at radius 2 is 2.14 bits per heavy atom. The Balaban J connectivity index is 1.70. The number of benzene rings is 1. The minimum absolute atomic E-state index is 0.257. The molecule has 0 aliphatic heterocycles. The lowest BCUT2D eigenvalue weighted by Gasteiger charge is -2.29. The molecule has 0 bridgehead atoms. The molecule has 1 aliphatic rings. The van der Waals surface area contributed by atoms with Gasteiger partial charge in [-0.15, -0.1) is 0 Å². The van der Waals surface area contributed by atoms with Crippen molar-refractivity contribution in [1.82, 2.24) is 14.7 Å². The van der Waals surface area contributed by atoms with Crippen LogP contribution < -0.4 is 0 Å². The Kier molecular flexibility index (Phi) is 4.68. The van der Waals surface area contributed by atoms with E-state index in [-0.39, 0.29) is 6.61 Å². The summed E-state index contributed by atoms with van der Waals surface area (Å²) in [6, 6.07) is 11.2. The molecule has 112 valence electrons. The highest BCUT2D eigenvalue weighted by Crippen LogP contribution is 2.35. The first-order valence-corrected chi connectivity index (χ1v) is 7.78. The summed E-state index contributed by atoms with van der Waals surface area (Å²) in [5, 5.41) is 13.4. The van der Waals surface area contributed by atoms with E-state index in [4.69, 9.17) is 5.11 Å². The molecule has 0 radical (unpaired) electrons. The van der Waals surface area contributed by atoms with E-state index in [1.807, 2.05) is 23.1 Å². The van der Waals surface area contributed by atoms with E-state index in [1.54, 1.807) is 0 Å². The monoisotopic (exact) mass is 285 g/mol. The number of aliphatic hydroxyl groups is 1.